The molecule has 0 bridgehead atoms. The number of hydrogen-bond acceptors (Lipinski definition) is 8. The molecular weight excluding hydrogens is 648 g/mol. The summed E-state index contributed by atoms with van der Waals surface area (Å²) in [5, 5.41) is 21.4. The summed E-state index contributed by atoms with van der Waals surface area (Å²) in [6.45, 7) is -0.992. The Labute approximate surface area is 267 Å². The first-order valence-corrected chi connectivity index (χ1v) is 14.3. The summed E-state index contributed by atoms with van der Waals surface area (Å²) in [6.07, 6.45) is -1.24. The molecule has 3 N–H and O–H groups in total. The number of rotatable bonds is 7. The molecule has 2 aromatic carbocycles. The van der Waals surface area contributed by atoms with Crippen LogP contribution in [0.3, 0.4) is 0 Å². The van der Waals surface area contributed by atoms with Gasteiger partial charge in [-0.1, -0.05) is 24.3 Å². The lowest BCUT2D eigenvalue weighted by Gasteiger charge is -2.23. The number of nitriles is 1. The van der Waals surface area contributed by atoms with Gasteiger partial charge in [0.2, 0.25) is 0 Å². The highest BCUT2D eigenvalue weighted by Crippen LogP contribution is 2.38. The first-order chi connectivity index (χ1) is 22.7. The number of anilines is 1. The molecule has 17 heteroatoms. The van der Waals surface area contributed by atoms with Crippen molar-refractivity contribution in [2.24, 2.45) is 5.92 Å². The quantitative estimate of drug-likeness (QED) is 0.142. The molecule has 0 spiro atoms. The summed E-state index contributed by atoms with van der Waals surface area (Å²) in [5.74, 6) is -6.36. The van der Waals surface area contributed by atoms with Crippen LogP contribution in [0.5, 0.6) is 11.5 Å². The monoisotopic (exact) mass is 673 g/mol. The molecule has 250 valence electrons. The third-order valence-corrected chi connectivity index (χ3v) is 7.37. The van der Waals surface area contributed by atoms with E-state index in [1.807, 2.05) is 12.1 Å². The molecule has 48 heavy (non-hydrogen) atoms. The summed E-state index contributed by atoms with van der Waals surface area (Å²) in [5.41, 5.74) is 6.41. The average molecular weight is 674 g/mol. The zero-order valence-corrected chi connectivity index (χ0v) is 24.7. The lowest BCUT2D eigenvalue weighted by atomic mass is 10.1. The van der Waals surface area contributed by atoms with E-state index in [0.29, 0.717) is 5.75 Å². The Morgan fingerprint density at radius 1 is 1.12 bits per heavy atom. The largest absolute Gasteiger partial charge is 0.490 e. The number of hydrogen-bond donors (Lipinski definition) is 2. The molecular formula is C31H25F6N7O4. The predicted octanol–water partition coefficient (Wildman–Crippen LogP) is 5.74. The first kappa shape index (κ1) is 33.7. The van der Waals surface area contributed by atoms with Gasteiger partial charge >= 0.3 is 12.1 Å². The number of para-hydroxylation sites is 1. The number of fused-ring (bicyclic) bond motifs is 1. The van der Waals surface area contributed by atoms with Gasteiger partial charge in [0.1, 0.15) is 46.8 Å². The van der Waals surface area contributed by atoms with E-state index >= 15 is 4.39 Å². The summed E-state index contributed by atoms with van der Waals surface area (Å²) in [4.78, 5) is 31.3. The van der Waals surface area contributed by atoms with Crippen molar-refractivity contribution in [2.75, 3.05) is 12.3 Å². The van der Waals surface area contributed by atoms with Gasteiger partial charge in [-0.25, -0.2) is 32.6 Å². The minimum atomic E-state index is -5.08. The van der Waals surface area contributed by atoms with E-state index in [-0.39, 0.29) is 51.9 Å². The van der Waals surface area contributed by atoms with Crippen molar-refractivity contribution in [3.8, 4) is 28.8 Å². The van der Waals surface area contributed by atoms with Gasteiger partial charge in [-0.3, -0.25) is 4.79 Å². The third kappa shape index (κ3) is 7.65. The SMILES string of the molecule is N#CC(=CC1CC1)C(=O)N1CC(F)(F)C[C@H]1Cn1nc(-c2ccc(Oc3ccccc3)cc2F)c2c(N)ncnc21.O=C(O)C(F)(F)F. The number of carboxylic acids is 1. The van der Waals surface area contributed by atoms with Crippen LogP contribution in [0.25, 0.3) is 22.3 Å². The number of aromatic nitrogens is 4. The fourth-order valence-corrected chi connectivity index (χ4v) is 5.03. The maximum atomic E-state index is 15.4. The molecule has 1 aliphatic carbocycles. The molecule has 2 fully saturated rings. The molecule has 1 amide bonds. The lowest BCUT2D eigenvalue weighted by Crippen LogP contribution is -2.39. The van der Waals surface area contributed by atoms with Crippen LogP contribution in [0, 0.1) is 23.1 Å². The van der Waals surface area contributed by atoms with Gasteiger partial charge in [-0.05, 0) is 43.0 Å². The number of carboxylic acid groups (broad SMARTS) is 1. The van der Waals surface area contributed by atoms with Crippen LogP contribution in [-0.2, 0) is 16.1 Å². The first-order valence-electron chi connectivity index (χ1n) is 14.3. The third-order valence-electron chi connectivity index (χ3n) is 7.37. The number of halogens is 6. The van der Waals surface area contributed by atoms with Crippen molar-refractivity contribution in [2.45, 2.75) is 43.9 Å². The van der Waals surface area contributed by atoms with Crippen LogP contribution in [0.1, 0.15) is 19.3 Å². The van der Waals surface area contributed by atoms with Crippen LogP contribution in [-0.4, -0.2) is 66.3 Å². The standard InChI is InChI=1S/C29H24F3N7O2.C2HF3O2/c30-23-11-21(41-20-4-2-1-3-5-20)8-9-22(23)25-24-26(34)35-16-36-27(24)39(37-25)14-19-12-29(31,32)15-38(19)28(40)18(13-33)10-17-6-7-17;3-2(4,5)1(6)7/h1-5,8-11,16-17,19H,6-7,12,14-15H2,(H2,34,35,36);(H,6,7)/t19-;/m0./s1. The summed E-state index contributed by atoms with van der Waals surface area (Å²) < 4.78 is 83.4. The number of benzene rings is 2. The Bertz CT molecular complexity index is 1920. The fourth-order valence-electron chi connectivity index (χ4n) is 5.03. The number of allylic oxidation sites excluding steroid dienone is 1. The zero-order chi connectivity index (χ0) is 34.8. The number of alkyl halides is 5. The van der Waals surface area contributed by atoms with Crippen LogP contribution < -0.4 is 10.5 Å². The number of likely N-dealkylation sites (tertiary alicyclic amines) is 1. The smallest absolute Gasteiger partial charge is 0.475 e. The molecule has 1 aliphatic heterocycles. The summed E-state index contributed by atoms with van der Waals surface area (Å²) in [7, 11) is 0. The van der Waals surface area contributed by atoms with Crippen molar-refractivity contribution in [1.82, 2.24) is 24.6 Å². The van der Waals surface area contributed by atoms with Crippen molar-refractivity contribution < 1.29 is 45.8 Å². The number of nitrogen functional groups attached to an aromatic ring is 1. The van der Waals surface area contributed by atoms with Gasteiger partial charge in [0.05, 0.1) is 24.5 Å². The Morgan fingerprint density at radius 3 is 2.42 bits per heavy atom. The van der Waals surface area contributed by atoms with Gasteiger partial charge in [0, 0.05) is 18.1 Å². The van der Waals surface area contributed by atoms with Gasteiger partial charge < -0.3 is 20.5 Å². The van der Waals surface area contributed by atoms with E-state index in [4.69, 9.17) is 20.4 Å². The molecule has 2 aromatic heterocycles. The molecule has 1 saturated heterocycles. The number of nitrogens with two attached hydrogens (primary N) is 1. The molecule has 6 rings (SSSR count). The molecule has 1 saturated carbocycles. The highest BCUT2D eigenvalue weighted by molar-refractivity contribution is 5.99. The van der Waals surface area contributed by atoms with Crippen LogP contribution >= 0.6 is 0 Å². The van der Waals surface area contributed by atoms with E-state index in [0.717, 1.165) is 17.7 Å². The number of ether oxygens (including phenoxy) is 1. The lowest BCUT2D eigenvalue weighted by molar-refractivity contribution is -0.192. The predicted molar refractivity (Wildman–Crippen MR) is 157 cm³/mol. The Morgan fingerprint density at radius 2 is 1.81 bits per heavy atom. The van der Waals surface area contributed by atoms with E-state index in [9.17, 15) is 32.0 Å². The highest BCUT2D eigenvalue weighted by Gasteiger charge is 2.48. The number of carbonyl (C=O) groups excluding carboxylic acids is 1. The average Bonchev–Trinajstić information content (AvgIpc) is 3.70. The van der Waals surface area contributed by atoms with Gasteiger partial charge in [-0.2, -0.15) is 23.5 Å². The zero-order valence-electron chi connectivity index (χ0n) is 24.7. The topological polar surface area (TPSA) is 160 Å². The Balaban J connectivity index is 0.000000582. The molecule has 4 aromatic rings. The van der Waals surface area contributed by atoms with Crippen molar-refractivity contribution in [1.29, 1.82) is 5.26 Å². The van der Waals surface area contributed by atoms with Gasteiger partial charge in [0.25, 0.3) is 11.8 Å². The van der Waals surface area contributed by atoms with E-state index in [2.05, 4.69) is 15.1 Å². The minimum absolute atomic E-state index is 0.0316. The molecule has 11 nitrogen and oxygen atoms in total. The van der Waals surface area contributed by atoms with E-state index in [1.54, 1.807) is 36.4 Å². The molecule has 0 radical (unpaired) electrons. The molecule has 0 unspecified atom stereocenters. The fraction of sp³-hybridized carbons (Fsp3) is 0.290. The number of aliphatic carboxylic acids is 1. The molecule has 3 heterocycles. The van der Waals surface area contributed by atoms with E-state index in [1.165, 1.54) is 23.1 Å². The second-order valence-corrected chi connectivity index (χ2v) is 11.0. The Kier molecular flexibility index (Phi) is 9.28. The number of amides is 1. The van der Waals surface area contributed by atoms with Crippen LogP contribution in [0.2, 0.25) is 0 Å². The number of nitrogens with zero attached hydrogens (tertiary/aromatic N) is 6. The number of carbonyl (C=O) groups is 2. The van der Waals surface area contributed by atoms with Crippen LogP contribution in [0.4, 0.5) is 32.2 Å². The molecule has 1 atom stereocenters. The second-order valence-electron chi connectivity index (χ2n) is 11.0. The second kappa shape index (κ2) is 13.2. The summed E-state index contributed by atoms with van der Waals surface area (Å²) >= 11 is 0. The van der Waals surface area contributed by atoms with Crippen molar-refractivity contribution in [3.05, 3.63) is 72.3 Å². The van der Waals surface area contributed by atoms with Crippen LogP contribution in [0.15, 0.2) is 66.5 Å². The minimum Gasteiger partial charge on any atom is -0.475 e. The highest BCUT2D eigenvalue weighted by atomic mass is 19.4. The van der Waals surface area contributed by atoms with E-state index < -0.39 is 48.8 Å². The van der Waals surface area contributed by atoms with Gasteiger partial charge in [-0.15, -0.1) is 0 Å². The Hall–Kier alpha value is -5.66. The van der Waals surface area contributed by atoms with Crippen molar-refractivity contribution >= 4 is 28.7 Å². The maximum absolute atomic E-state index is 15.4. The normalized spacial score (nSPS) is 17.4. The maximum Gasteiger partial charge on any atom is 0.490 e. The summed E-state index contributed by atoms with van der Waals surface area (Å²) in [6, 6.07) is 14.0. The molecule has 2 aliphatic rings. The van der Waals surface area contributed by atoms with Crippen molar-refractivity contribution in [3.63, 3.8) is 0 Å². The van der Waals surface area contributed by atoms with Gasteiger partial charge in [0.15, 0.2) is 5.65 Å².